The maximum absolute atomic E-state index is 13.4. The van der Waals surface area contributed by atoms with Crippen molar-refractivity contribution < 1.29 is 28.7 Å². The molecule has 9 nitrogen and oxygen atoms in total. The molecule has 2 unspecified atom stereocenters. The molecule has 2 aromatic rings. The van der Waals surface area contributed by atoms with E-state index in [4.69, 9.17) is 9.47 Å². The fourth-order valence-corrected chi connectivity index (χ4v) is 5.26. The van der Waals surface area contributed by atoms with E-state index in [1.807, 2.05) is 35.7 Å². The van der Waals surface area contributed by atoms with Crippen molar-refractivity contribution in [3.8, 4) is 11.5 Å². The first-order valence-corrected chi connectivity index (χ1v) is 12.3. The van der Waals surface area contributed by atoms with Gasteiger partial charge in [-0.2, -0.15) is 0 Å². The van der Waals surface area contributed by atoms with Crippen molar-refractivity contribution in [1.29, 1.82) is 0 Å². The van der Waals surface area contributed by atoms with E-state index in [-0.39, 0.29) is 31.3 Å². The molecule has 4 amide bonds. The number of urea groups is 1. The molecule has 2 aliphatic heterocycles. The Labute approximate surface area is 213 Å². The highest BCUT2D eigenvalue weighted by molar-refractivity contribution is 8.03. The second-order valence-corrected chi connectivity index (χ2v) is 9.39. The van der Waals surface area contributed by atoms with Gasteiger partial charge in [0.1, 0.15) is 23.0 Å². The molecule has 1 fully saturated rings. The lowest BCUT2D eigenvalue weighted by Gasteiger charge is -2.41. The van der Waals surface area contributed by atoms with Gasteiger partial charge in [-0.3, -0.25) is 19.3 Å². The van der Waals surface area contributed by atoms with E-state index in [0.717, 1.165) is 22.5 Å². The highest BCUT2D eigenvalue weighted by atomic mass is 32.2. The van der Waals surface area contributed by atoms with Crippen LogP contribution in [0.5, 0.6) is 11.5 Å². The van der Waals surface area contributed by atoms with Crippen LogP contribution in [-0.4, -0.2) is 66.0 Å². The summed E-state index contributed by atoms with van der Waals surface area (Å²) in [7, 11) is 3.11. The summed E-state index contributed by atoms with van der Waals surface area (Å²) < 4.78 is 10.6. The Morgan fingerprint density at radius 2 is 1.89 bits per heavy atom. The van der Waals surface area contributed by atoms with E-state index in [1.165, 1.54) is 18.9 Å². The maximum atomic E-state index is 13.4. The summed E-state index contributed by atoms with van der Waals surface area (Å²) in [6.07, 6.45) is 2.55. The van der Waals surface area contributed by atoms with Crippen LogP contribution in [0.1, 0.15) is 27.9 Å². The molecule has 1 N–H and O–H groups in total. The normalized spacial score (nSPS) is 18.7. The fraction of sp³-hybridized carbons (Fsp3) is 0.308. The van der Waals surface area contributed by atoms with Crippen molar-refractivity contribution >= 4 is 35.9 Å². The number of imide groups is 1. The number of hydrogen-bond donors (Lipinski definition) is 1. The number of hydrogen-bond acceptors (Lipinski definition) is 7. The zero-order valence-electron chi connectivity index (χ0n) is 20.0. The third-order valence-corrected chi connectivity index (χ3v) is 7.24. The van der Waals surface area contributed by atoms with E-state index in [1.54, 1.807) is 30.2 Å². The Morgan fingerprint density at radius 1 is 1.11 bits per heavy atom. The van der Waals surface area contributed by atoms with E-state index in [0.29, 0.717) is 23.4 Å². The molecule has 0 spiro atoms. The van der Waals surface area contributed by atoms with Crippen LogP contribution in [0.15, 0.2) is 53.9 Å². The van der Waals surface area contributed by atoms with Gasteiger partial charge in [-0.1, -0.05) is 18.2 Å². The summed E-state index contributed by atoms with van der Waals surface area (Å²) in [5.74, 6) is 0.691. The predicted molar refractivity (Wildman–Crippen MR) is 135 cm³/mol. The summed E-state index contributed by atoms with van der Waals surface area (Å²) >= 11 is 1.35. The predicted octanol–water partition coefficient (Wildman–Crippen LogP) is 2.98. The number of benzene rings is 2. The van der Waals surface area contributed by atoms with E-state index in [2.05, 4.69) is 5.32 Å². The molecule has 0 saturated carbocycles. The lowest BCUT2D eigenvalue weighted by molar-refractivity contribution is -0.131. The van der Waals surface area contributed by atoms with Gasteiger partial charge >= 0.3 is 6.03 Å². The molecule has 36 heavy (non-hydrogen) atoms. The zero-order chi connectivity index (χ0) is 25.7. The van der Waals surface area contributed by atoms with Crippen molar-refractivity contribution in [2.75, 3.05) is 20.8 Å². The monoisotopic (exact) mass is 509 g/mol. The first kappa shape index (κ1) is 25.3. The van der Waals surface area contributed by atoms with Crippen molar-refractivity contribution in [2.45, 2.75) is 30.8 Å². The molecule has 4 rings (SSSR count). The number of ether oxygens (including phenoxy) is 2. The summed E-state index contributed by atoms with van der Waals surface area (Å²) in [6, 6.07) is 11.4. The van der Waals surface area contributed by atoms with Crippen molar-refractivity contribution in [2.24, 2.45) is 0 Å². The van der Waals surface area contributed by atoms with Gasteiger partial charge in [0, 0.05) is 30.6 Å². The molecule has 0 aliphatic carbocycles. The Kier molecular flexibility index (Phi) is 7.94. The minimum Gasteiger partial charge on any atom is -0.497 e. The highest BCUT2D eigenvalue weighted by Crippen LogP contribution is 2.36. The molecular formula is C26H27N3O6S. The second kappa shape index (κ2) is 11.3. The van der Waals surface area contributed by atoms with E-state index in [9.17, 15) is 19.2 Å². The second-order valence-electron chi connectivity index (χ2n) is 8.34. The largest absolute Gasteiger partial charge is 0.497 e. The van der Waals surface area contributed by atoms with Crippen molar-refractivity contribution in [3.63, 3.8) is 0 Å². The lowest BCUT2D eigenvalue weighted by atomic mass is 10.0. The Morgan fingerprint density at radius 3 is 2.58 bits per heavy atom. The number of nitrogens with one attached hydrogen (secondary N) is 1. The molecule has 188 valence electrons. The number of aldehydes is 1. The molecule has 2 atom stereocenters. The van der Waals surface area contributed by atoms with Crippen LogP contribution in [0.3, 0.4) is 0 Å². The summed E-state index contributed by atoms with van der Waals surface area (Å²) in [4.78, 5) is 53.0. The number of carbonyl (C=O) groups is 4. The number of methoxy groups -OCH3 is 2. The smallest absolute Gasteiger partial charge is 0.327 e. The zero-order valence-corrected chi connectivity index (χ0v) is 20.8. The standard InChI is InChI=1S/C26H27N3O6S/c1-34-20-6-3-17(4-7-20)14-27-23(31)9-11-28-25(32)24-21(10-12-36-24)29(26(28)33)15-19-13-18(16-30)5-8-22(19)35-2/h3-8,10,12-13,16,21,24H,9,11,14-15H2,1-2H3,(H,27,31). The Bertz CT molecular complexity index is 1180. The molecule has 0 aromatic heterocycles. The van der Waals surface area contributed by atoms with Gasteiger partial charge in [0.05, 0.1) is 26.8 Å². The molecule has 10 heteroatoms. The van der Waals surface area contributed by atoms with Gasteiger partial charge in [0.25, 0.3) is 0 Å². The van der Waals surface area contributed by atoms with Crippen LogP contribution in [0, 0.1) is 0 Å². The van der Waals surface area contributed by atoms with Crippen LogP contribution < -0.4 is 14.8 Å². The number of thioether (sulfide) groups is 1. The molecule has 2 aromatic carbocycles. The van der Waals surface area contributed by atoms with Gasteiger partial charge < -0.3 is 19.7 Å². The van der Waals surface area contributed by atoms with Crippen molar-refractivity contribution in [1.82, 2.24) is 15.1 Å². The Hall–Kier alpha value is -3.79. The minimum absolute atomic E-state index is 0.0130. The topological polar surface area (TPSA) is 105 Å². The number of nitrogens with zero attached hydrogens (tertiary/aromatic N) is 2. The van der Waals surface area contributed by atoms with Gasteiger partial charge in [-0.25, -0.2) is 4.79 Å². The number of rotatable bonds is 10. The molecule has 2 heterocycles. The molecular weight excluding hydrogens is 482 g/mol. The first-order valence-electron chi connectivity index (χ1n) is 11.4. The average Bonchev–Trinajstić information content (AvgIpc) is 3.40. The molecule has 1 saturated heterocycles. The molecule has 0 radical (unpaired) electrons. The minimum atomic E-state index is -0.481. The van der Waals surface area contributed by atoms with Crippen LogP contribution in [0.2, 0.25) is 0 Å². The first-order chi connectivity index (χ1) is 17.4. The molecule has 0 bridgehead atoms. The van der Waals surface area contributed by atoms with Gasteiger partial charge in [-0.05, 0) is 41.3 Å². The van der Waals surface area contributed by atoms with Gasteiger partial charge in [0.2, 0.25) is 11.8 Å². The van der Waals surface area contributed by atoms with Crippen LogP contribution >= 0.6 is 11.8 Å². The van der Waals surface area contributed by atoms with Crippen molar-refractivity contribution in [3.05, 3.63) is 70.6 Å². The summed E-state index contributed by atoms with van der Waals surface area (Å²) in [5.41, 5.74) is 2.03. The van der Waals surface area contributed by atoms with Crippen LogP contribution in [0.25, 0.3) is 0 Å². The van der Waals surface area contributed by atoms with Gasteiger partial charge in [-0.15, -0.1) is 11.8 Å². The molecule has 2 aliphatic rings. The maximum Gasteiger partial charge on any atom is 0.327 e. The lowest BCUT2D eigenvalue weighted by Crippen LogP contribution is -2.61. The number of amides is 4. The van der Waals surface area contributed by atoms with E-state index < -0.39 is 17.3 Å². The third-order valence-electron chi connectivity index (χ3n) is 6.15. The third kappa shape index (κ3) is 5.38. The Balaban J connectivity index is 1.43. The number of carbonyl (C=O) groups excluding carboxylic acids is 4. The summed E-state index contributed by atoms with van der Waals surface area (Å²) in [5, 5.41) is 4.16. The van der Waals surface area contributed by atoms with Gasteiger partial charge in [0.15, 0.2) is 0 Å². The average molecular weight is 510 g/mol. The van der Waals surface area contributed by atoms with E-state index >= 15 is 0 Å². The highest BCUT2D eigenvalue weighted by Gasteiger charge is 2.47. The SMILES string of the molecule is COc1ccc(CNC(=O)CCN2C(=O)C3SC=CC3N(Cc3cc(C=O)ccc3OC)C2=O)cc1. The summed E-state index contributed by atoms with van der Waals surface area (Å²) in [6.45, 7) is 0.454. The van der Waals surface area contributed by atoms with Crippen LogP contribution in [-0.2, 0) is 22.7 Å². The van der Waals surface area contributed by atoms with Crippen LogP contribution in [0.4, 0.5) is 4.79 Å². The quantitative estimate of drug-likeness (QED) is 0.491. The number of fused-ring (bicyclic) bond motifs is 1. The fourth-order valence-electron chi connectivity index (χ4n) is 4.20.